The van der Waals surface area contributed by atoms with Gasteiger partial charge in [-0.15, -0.1) is 11.8 Å². The van der Waals surface area contributed by atoms with Crippen LogP contribution in [-0.4, -0.2) is 33.7 Å². The van der Waals surface area contributed by atoms with E-state index in [1.807, 2.05) is 6.92 Å². The molecule has 0 heterocycles. The SMILES string of the molecule is CC(=O)OCSC1CC[C@H]2[C@@H]3CCC4=CC(=O)C(O)=C[C@]4(C)C3(F)CC[C@]12C. The molecule has 6 heteroatoms. The molecule has 2 unspecified atom stereocenters. The molecular weight excluding hydrogens is 379 g/mol. The number of hydrogen-bond donors (Lipinski definition) is 1. The molecule has 0 aromatic rings. The average molecular weight is 409 g/mol. The fraction of sp³-hybridized carbons (Fsp3) is 0.727. The van der Waals surface area contributed by atoms with Crippen LogP contribution < -0.4 is 0 Å². The van der Waals surface area contributed by atoms with E-state index in [4.69, 9.17) is 4.74 Å². The lowest BCUT2D eigenvalue weighted by atomic mass is 9.47. The van der Waals surface area contributed by atoms with Crippen LogP contribution in [-0.2, 0) is 14.3 Å². The fourth-order valence-electron chi connectivity index (χ4n) is 6.59. The molecule has 4 aliphatic carbocycles. The minimum Gasteiger partial charge on any atom is -0.504 e. The normalized spacial score (nSPS) is 44.7. The number of allylic oxidation sites excluding steroid dienone is 3. The number of aliphatic hydroxyl groups excluding tert-OH is 1. The van der Waals surface area contributed by atoms with Gasteiger partial charge in [0.2, 0.25) is 5.78 Å². The number of fused-ring (bicyclic) bond motifs is 5. The maximum absolute atomic E-state index is 16.7. The molecule has 4 rings (SSSR count). The van der Waals surface area contributed by atoms with Crippen molar-refractivity contribution in [3.05, 3.63) is 23.5 Å². The number of thioether (sulfide) groups is 1. The lowest BCUT2D eigenvalue weighted by Crippen LogP contribution is -2.60. The Labute approximate surface area is 170 Å². The van der Waals surface area contributed by atoms with E-state index in [-0.39, 0.29) is 29.0 Å². The number of rotatable bonds is 3. The first-order chi connectivity index (χ1) is 13.1. The summed E-state index contributed by atoms with van der Waals surface area (Å²) >= 11 is 1.68. The van der Waals surface area contributed by atoms with Crippen molar-refractivity contribution in [2.45, 2.75) is 70.2 Å². The highest BCUT2D eigenvalue weighted by Crippen LogP contribution is 2.69. The van der Waals surface area contributed by atoms with E-state index in [0.29, 0.717) is 24.0 Å². The van der Waals surface area contributed by atoms with Gasteiger partial charge in [0.15, 0.2) is 5.76 Å². The molecule has 1 N–H and O–H groups in total. The maximum atomic E-state index is 16.7. The number of alkyl halides is 1. The van der Waals surface area contributed by atoms with Crippen molar-refractivity contribution in [2.75, 3.05) is 5.94 Å². The molecule has 0 aromatic carbocycles. The molecule has 0 amide bonds. The van der Waals surface area contributed by atoms with Gasteiger partial charge < -0.3 is 9.84 Å². The second-order valence-electron chi connectivity index (χ2n) is 9.37. The zero-order valence-corrected chi connectivity index (χ0v) is 17.6. The van der Waals surface area contributed by atoms with Crippen molar-refractivity contribution in [1.82, 2.24) is 0 Å². The Morgan fingerprint density at radius 2 is 2.04 bits per heavy atom. The number of carbonyl (C=O) groups is 2. The van der Waals surface area contributed by atoms with Crippen molar-refractivity contribution < 1.29 is 23.8 Å². The van der Waals surface area contributed by atoms with Crippen molar-refractivity contribution in [2.24, 2.45) is 22.7 Å². The van der Waals surface area contributed by atoms with Crippen LogP contribution in [0, 0.1) is 22.7 Å². The first-order valence-electron chi connectivity index (χ1n) is 10.2. The highest BCUT2D eigenvalue weighted by molar-refractivity contribution is 7.99. The zero-order chi connectivity index (χ0) is 20.3. The van der Waals surface area contributed by atoms with Gasteiger partial charge >= 0.3 is 5.97 Å². The van der Waals surface area contributed by atoms with Gasteiger partial charge in [0.25, 0.3) is 0 Å². The van der Waals surface area contributed by atoms with Gasteiger partial charge in [0, 0.05) is 17.6 Å². The standard InChI is InChI=1S/C22H29FO4S/c1-13(24)27-12-28-19-7-6-15-16-5-4-14-10-17(25)18(26)11-21(14,3)22(16,23)9-8-20(15,19)2/h10-11,15-16,19,26H,4-9,12H2,1-3H3/t15-,16-,19?,20-,21-,22?/m0/s1. The molecule has 0 aliphatic heterocycles. The Hall–Kier alpha value is -1.30. The van der Waals surface area contributed by atoms with E-state index in [9.17, 15) is 14.7 Å². The van der Waals surface area contributed by atoms with E-state index in [2.05, 4.69) is 6.92 Å². The van der Waals surface area contributed by atoms with Gasteiger partial charge in [-0.2, -0.15) is 0 Å². The van der Waals surface area contributed by atoms with E-state index >= 15 is 4.39 Å². The van der Waals surface area contributed by atoms with Crippen LogP contribution in [0.5, 0.6) is 0 Å². The van der Waals surface area contributed by atoms with Crippen LogP contribution in [0.2, 0.25) is 0 Å². The summed E-state index contributed by atoms with van der Waals surface area (Å²) < 4.78 is 21.9. The molecule has 4 nitrogen and oxygen atoms in total. The second kappa shape index (κ2) is 6.61. The predicted octanol–water partition coefficient (Wildman–Crippen LogP) is 4.89. The molecular formula is C22H29FO4S. The van der Waals surface area contributed by atoms with Gasteiger partial charge in [-0.1, -0.05) is 12.5 Å². The summed E-state index contributed by atoms with van der Waals surface area (Å²) in [5, 5.41) is 10.4. The number of carbonyl (C=O) groups excluding carboxylic acids is 2. The molecule has 0 bridgehead atoms. The highest BCUT2D eigenvalue weighted by Gasteiger charge is 2.66. The topological polar surface area (TPSA) is 63.6 Å². The summed E-state index contributed by atoms with van der Waals surface area (Å²) in [4.78, 5) is 23.0. The van der Waals surface area contributed by atoms with Crippen LogP contribution in [0.1, 0.15) is 59.3 Å². The van der Waals surface area contributed by atoms with Gasteiger partial charge in [-0.05, 0) is 74.9 Å². The van der Waals surface area contributed by atoms with Gasteiger partial charge in [0.1, 0.15) is 11.6 Å². The van der Waals surface area contributed by atoms with Crippen LogP contribution in [0.3, 0.4) is 0 Å². The second-order valence-corrected chi connectivity index (χ2v) is 10.5. The third-order valence-corrected chi connectivity index (χ3v) is 9.62. The summed E-state index contributed by atoms with van der Waals surface area (Å²) in [7, 11) is 0. The molecule has 4 aliphatic rings. The molecule has 0 spiro atoms. The molecule has 0 radical (unpaired) electrons. The Kier molecular flexibility index (Phi) is 4.72. The smallest absolute Gasteiger partial charge is 0.303 e. The summed E-state index contributed by atoms with van der Waals surface area (Å²) in [6.07, 6.45) is 7.61. The number of hydrogen-bond acceptors (Lipinski definition) is 5. The Morgan fingerprint density at radius 3 is 2.75 bits per heavy atom. The largest absolute Gasteiger partial charge is 0.504 e. The van der Waals surface area contributed by atoms with E-state index in [1.54, 1.807) is 11.8 Å². The first-order valence-corrected chi connectivity index (χ1v) is 11.3. The summed E-state index contributed by atoms with van der Waals surface area (Å²) in [6.45, 7) is 5.56. The van der Waals surface area contributed by atoms with Crippen molar-refractivity contribution in [3.8, 4) is 0 Å². The summed E-state index contributed by atoms with van der Waals surface area (Å²) in [5.74, 6) is -0.442. The van der Waals surface area contributed by atoms with Gasteiger partial charge in [-0.3, -0.25) is 9.59 Å². The molecule has 0 aromatic heterocycles. The van der Waals surface area contributed by atoms with Crippen molar-refractivity contribution in [3.63, 3.8) is 0 Å². The minimum atomic E-state index is -1.44. The molecule has 3 fully saturated rings. The molecule has 154 valence electrons. The minimum absolute atomic E-state index is 0.0267. The Bertz CT molecular complexity index is 776. The van der Waals surface area contributed by atoms with Crippen molar-refractivity contribution >= 4 is 23.5 Å². The van der Waals surface area contributed by atoms with Crippen molar-refractivity contribution in [1.29, 1.82) is 0 Å². The van der Waals surface area contributed by atoms with Gasteiger partial charge in [-0.25, -0.2) is 4.39 Å². The molecule has 3 saturated carbocycles. The van der Waals surface area contributed by atoms with Gasteiger partial charge in [0.05, 0.1) is 0 Å². The van der Waals surface area contributed by atoms with E-state index in [0.717, 1.165) is 31.3 Å². The third-order valence-electron chi connectivity index (χ3n) is 8.19. The van der Waals surface area contributed by atoms with Crippen LogP contribution in [0.25, 0.3) is 0 Å². The Balaban J connectivity index is 1.61. The molecule has 6 atom stereocenters. The van der Waals surface area contributed by atoms with Crippen LogP contribution >= 0.6 is 11.8 Å². The highest BCUT2D eigenvalue weighted by atomic mass is 32.2. The van der Waals surface area contributed by atoms with Crippen LogP contribution in [0.4, 0.5) is 4.39 Å². The number of esters is 1. The fourth-order valence-corrected chi connectivity index (χ4v) is 7.96. The van der Waals surface area contributed by atoms with Crippen LogP contribution in [0.15, 0.2) is 23.5 Å². The summed E-state index contributed by atoms with van der Waals surface area (Å²) in [5.41, 5.74) is -1.49. The number of aliphatic hydroxyl groups is 1. The summed E-state index contributed by atoms with van der Waals surface area (Å²) in [6, 6.07) is 0. The molecule has 0 saturated heterocycles. The van der Waals surface area contributed by atoms with E-state index < -0.39 is 16.9 Å². The lowest BCUT2D eigenvalue weighted by molar-refractivity contribution is -0.138. The predicted molar refractivity (Wildman–Crippen MR) is 107 cm³/mol. The number of ketones is 1. The Morgan fingerprint density at radius 1 is 1.29 bits per heavy atom. The number of ether oxygens (including phenoxy) is 1. The monoisotopic (exact) mass is 408 g/mol. The third kappa shape index (κ3) is 2.70. The zero-order valence-electron chi connectivity index (χ0n) is 16.8. The first kappa shape index (κ1) is 20.0. The van der Waals surface area contributed by atoms with E-state index in [1.165, 1.54) is 19.1 Å². The average Bonchev–Trinajstić information content (AvgIpc) is 2.94. The lowest BCUT2D eigenvalue weighted by Gasteiger charge is -2.60. The quantitative estimate of drug-likeness (QED) is 0.532. The maximum Gasteiger partial charge on any atom is 0.303 e. The molecule has 28 heavy (non-hydrogen) atoms. The number of halogens is 1.